The molecule has 132 valence electrons. The first kappa shape index (κ1) is 18.6. The highest BCUT2D eigenvalue weighted by atomic mass is 16.5. The summed E-state index contributed by atoms with van der Waals surface area (Å²) in [5, 5.41) is 2.89. The summed E-state index contributed by atoms with van der Waals surface area (Å²) in [4.78, 5) is 12.5. The maximum absolute atomic E-state index is 12.5. The Morgan fingerprint density at radius 3 is 2.44 bits per heavy atom. The van der Waals surface area contributed by atoms with Crippen molar-refractivity contribution in [3.05, 3.63) is 66.2 Å². The average Bonchev–Trinajstić information content (AvgIpc) is 2.59. The minimum absolute atomic E-state index is 0.193. The number of anilines is 1. The molecule has 0 aliphatic carbocycles. The van der Waals surface area contributed by atoms with E-state index in [9.17, 15) is 4.79 Å². The zero-order valence-electron chi connectivity index (χ0n) is 15.0. The zero-order valence-corrected chi connectivity index (χ0v) is 15.0. The van der Waals surface area contributed by atoms with Crippen molar-refractivity contribution in [3.63, 3.8) is 0 Å². The van der Waals surface area contributed by atoms with Crippen LogP contribution in [0.3, 0.4) is 0 Å². The Balaban J connectivity index is 2.03. The maximum atomic E-state index is 12.5. The van der Waals surface area contributed by atoms with Crippen LogP contribution in [0, 0.1) is 5.92 Å². The van der Waals surface area contributed by atoms with Gasteiger partial charge in [-0.05, 0) is 48.7 Å². The van der Waals surface area contributed by atoms with Crippen LogP contribution in [0.5, 0.6) is 11.5 Å². The topological polar surface area (TPSA) is 47.6 Å². The van der Waals surface area contributed by atoms with Crippen molar-refractivity contribution in [2.45, 2.75) is 20.8 Å². The molecule has 2 aromatic carbocycles. The molecule has 0 spiro atoms. The van der Waals surface area contributed by atoms with Gasteiger partial charge >= 0.3 is 0 Å². The van der Waals surface area contributed by atoms with Gasteiger partial charge in [-0.2, -0.15) is 0 Å². The molecular weight excluding hydrogens is 314 g/mol. The molecule has 1 amide bonds. The first-order valence-electron chi connectivity index (χ1n) is 8.35. The minimum atomic E-state index is -0.193. The fraction of sp³-hybridized carbons (Fsp3) is 0.286. The van der Waals surface area contributed by atoms with Gasteiger partial charge in [-0.25, -0.2) is 0 Å². The molecule has 0 unspecified atom stereocenters. The number of nitrogens with one attached hydrogen (secondary N) is 1. The molecule has 0 aliphatic rings. The first-order valence-corrected chi connectivity index (χ1v) is 8.35. The van der Waals surface area contributed by atoms with Crippen LogP contribution in [0.15, 0.2) is 60.7 Å². The number of hydrogen-bond acceptors (Lipinski definition) is 3. The van der Waals surface area contributed by atoms with Crippen LogP contribution in [0.4, 0.5) is 5.69 Å². The molecule has 0 atom stereocenters. The number of hydrogen-bond donors (Lipinski definition) is 1. The molecule has 0 fully saturated rings. The lowest BCUT2D eigenvalue weighted by atomic mass is 10.2. The van der Waals surface area contributed by atoms with E-state index < -0.39 is 0 Å². The van der Waals surface area contributed by atoms with E-state index in [1.807, 2.05) is 37.3 Å². The Bertz CT molecular complexity index is 737. The highest BCUT2D eigenvalue weighted by Gasteiger charge is 2.08. The molecule has 4 nitrogen and oxygen atoms in total. The minimum Gasteiger partial charge on any atom is -0.493 e. The summed E-state index contributed by atoms with van der Waals surface area (Å²) >= 11 is 0. The third-order valence-electron chi connectivity index (χ3n) is 3.26. The van der Waals surface area contributed by atoms with E-state index in [0.29, 0.717) is 36.1 Å². The monoisotopic (exact) mass is 339 g/mol. The average molecular weight is 339 g/mol. The molecule has 0 heterocycles. The molecule has 0 bridgehead atoms. The van der Waals surface area contributed by atoms with Crippen LogP contribution >= 0.6 is 0 Å². The predicted octanol–water partition coefficient (Wildman–Crippen LogP) is 4.93. The van der Waals surface area contributed by atoms with Gasteiger partial charge in [-0.3, -0.25) is 4.79 Å². The Labute approximate surface area is 149 Å². The summed E-state index contributed by atoms with van der Waals surface area (Å²) in [6.45, 7) is 10.9. The summed E-state index contributed by atoms with van der Waals surface area (Å²) in [5.74, 6) is 1.64. The molecule has 0 aromatic heterocycles. The Morgan fingerprint density at radius 2 is 1.76 bits per heavy atom. The Hall–Kier alpha value is -2.75. The maximum Gasteiger partial charge on any atom is 0.255 e. The van der Waals surface area contributed by atoms with E-state index in [4.69, 9.17) is 9.47 Å². The van der Waals surface area contributed by atoms with Gasteiger partial charge in [0.05, 0.1) is 6.61 Å². The van der Waals surface area contributed by atoms with Crippen LogP contribution in [-0.4, -0.2) is 19.1 Å². The molecule has 25 heavy (non-hydrogen) atoms. The van der Waals surface area contributed by atoms with Crippen LogP contribution < -0.4 is 14.8 Å². The standard InChI is InChI=1S/C21H25NO3/c1-15(2)13-24-19-9-5-7-17(11-19)21(23)22-18-8-6-10-20(12-18)25-14-16(3)4/h5-12,16H,1,13-14H2,2-4H3,(H,22,23). The molecule has 0 saturated carbocycles. The SMILES string of the molecule is C=C(C)COc1cccc(C(=O)Nc2cccc(OCC(C)C)c2)c1. The normalized spacial score (nSPS) is 10.4. The lowest BCUT2D eigenvalue weighted by molar-refractivity contribution is 0.102. The van der Waals surface area contributed by atoms with Gasteiger partial charge in [0.1, 0.15) is 18.1 Å². The zero-order chi connectivity index (χ0) is 18.2. The van der Waals surface area contributed by atoms with E-state index in [-0.39, 0.29) is 5.91 Å². The van der Waals surface area contributed by atoms with Crippen LogP contribution in [-0.2, 0) is 0 Å². The van der Waals surface area contributed by atoms with E-state index >= 15 is 0 Å². The molecule has 4 heteroatoms. The number of amides is 1. The fourth-order valence-electron chi connectivity index (χ4n) is 2.06. The van der Waals surface area contributed by atoms with Gasteiger partial charge in [0.15, 0.2) is 0 Å². The molecule has 2 aromatic rings. The molecule has 2 rings (SSSR count). The van der Waals surface area contributed by atoms with Crippen molar-refractivity contribution in [2.75, 3.05) is 18.5 Å². The second-order valence-corrected chi connectivity index (χ2v) is 6.46. The molecule has 1 N–H and O–H groups in total. The van der Waals surface area contributed by atoms with E-state index in [0.717, 1.165) is 11.3 Å². The van der Waals surface area contributed by atoms with Gasteiger partial charge in [0.25, 0.3) is 5.91 Å². The molecule has 0 aliphatic heterocycles. The van der Waals surface area contributed by atoms with Crippen LogP contribution in [0.2, 0.25) is 0 Å². The second-order valence-electron chi connectivity index (χ2n) is 6.46. The first-order chi connectivity index (χ1) is 11.9. The summed E-state index contributed by atoms with van der Waals surface area (Å²) in [6, 6.07) is 14.5. The third-order valence-corrected chi connectivity index (χ3v) is 3.26. The van der Waals surface area contributed by atoms with Crippen molar-refractivity contribution in [1.82, 2.24) is 0 Å². The van der Waals surface area contributed by atoms with E-state index in [2.05, 4.69) is 25.7 Å². The molecule has 0 saturated heterocycles. The molecular formula is C21H25NO3. The third kappa shape index (κ3) is 6.34. The van der Waals surface area contributed by atoms with Gasteiger partial charge in [0, 0.05) is 17.3 Å². The largest absolute Gasteiger partial charge is 0.493 e. The van der Waals surface area contributed by atoms with Crippen LogP contribution in [0.1, 0.15) is 31.1 Å². The fourth-order valence-corrected chi connectivity index (χ4v) is 2.06. The predicted molar refractivity (Wildman–Crippen MR) is 101 cm³/mol. The number of rotatable bonds is 8. The lowest BCUT2D eigenvalue weighted by Crippen LogP contribution is -2.12. The molecule has 0 radical (unpaired) electrons. The van der Waals surface area contributed by atoms with Crippen molar-refractivity contribution < 1.29 is 14.3 Å². The highest BCUT2D eigenvalue weighted by Crippen LogP contribution is 2.20. The summed E-state index contributed by atoms with van der Waals surface area (Å²) in [7, 11) is 0. The summed E-state index contributed by atoms with van der Waals surface area (Å²) < 4.78 is 11.3. The van der Waals surface area contributed by atoms with Crippen LogP contribution in [0.25, 0.3) is 0 Å². The Kier molecular flexibility index (Phi) is 6.63. The van der Waals surface area contributed by atoms with E-state index in [1.54, 1.807) is 18.2 Å². The van der Waals surface area contributed by atoms with E-state index in [1.165, 1.54) is 0 Å². The quantitative estimate of drug-likeness (QED) is 0.694. The van der Waals surface area contributed by atoms with Crippen molar-refractivity contribution >= 4 is 11.6 Å². The van der Waals surface area contributed by atoms with Crippen molar-refractivity contribution in [2.24, 2.45) is 5.92 Å². The number of ether oxygens (including phenoxy) is 2. The highest BCUT2D eigenvalue weighted by molar-refractivity contribution is 6.04. The lowest BCUT2D eigenvalue weighted by Gasteiger charge is -2.11. The number of benzene rings is 2. The smallest absolute Gasteiger partial charge is 0.255 e. The van der Waals surface area contributed by atoms with Crippen molar-refractivity contribution in [1.29, 1.82) is 0 Å². The second kappa shape index (κ2) is 8.92. The number of carbonyl (C=O) groups excluding carboxylic acids is 1. The summed E-state index contributed by atoms with van der Waals surface area (Å²) in [6.07, 6.45) is 0. The van der Waals surface area contributed by atoms with Gasteiger partial charge in [-0.15, -0.1) is 0 Å². The van der Waals surface area contributed by atoms with Crippen molar-refractivity contribution in [3.8, 4) is 11.5 Å². The summed E-state index contributed by atoms with van der Waals surface area (Å²) in [5.41, 5.74) is 2.15. The number of carbonyl (C=O) groups is 1. The van der Waals surface area contributed by atoms with Gasteiger partial charge < -0.3 is 14.8 Å². The Morgan fingerprint density at radius 1 is 1.08 bits per heavy atom. The van der Waals surface area contributed by atoms with Gasteiger partial charge in [0.2, 0.25) is 0 Å². The van der Waals surface area contributed by atoms with Gasteiger partial charge in [-0.1, -0.05) is 32.6 Å².